The van der Waals surface area contributed by atoms with E-state index in [1.165, 1.54) is 11.3 Å². The molecule has 3 heterocycles. The highest BCUT2D eigenvalue weighted by atomic mass is 32.1. The van der Waals surface area contributed by atoms with E-state index in [2.05, 4.69) is 40.2 Å². The van der Waals surface area contributed by atoms with Crippen molar-refractivity contribution in [2.45, 2.75) is 19.8 Å². The Morgan fingerprint density at radius 1 is 1.48 bits per heavy atom. The molecule has 1 unspecified atom stereocenters. The molecule has 1 N–H and O–H groups in total. The molecule has 0 amide bonds. The zero-order valence-electron chi connectivity index (χ0n) is 12.8. The van der Waals surface area contributed by atoms with Crippen molar-refractivity contribution in [3.8, 4) is 0 Å². The molecule has 1 atom stereocenters. The standard InChI is InChI=1S/C15H22N4OS/c1-10-7-12-13(17-15(16-2)18-14(12)21-10)19(3)8-11-5-4-6-20-9-11/h7,11H,4-6,8-9H2,1-3H3,(H,16,17,18). The maximum absolute atomic E-state index is 5.59. The Bertz CT molecular complexity index is 621. The molecule has 2 aromatic rings. The molecular weight excluding hydrogens is 284 g/mol. The van der Waals surface area contributed by atoms with Crippen LogP contribution in [0.15, 0.2) is 6.07 Å². The third-order valence-electron chi connectivity index (χ3n) is 3.87. The van der Waals surface area contributed by atoms with E-state index in [1.807, 2.05) is 7.05 Å². The smallest absolute Gasteiger partial charge is 0.225 e. The zero-order valence-corrected chi connectivity index (χ0v) is 13.7. The number of nitrogens with zero attached hydrogens (tertiary/aromatic N) is 3. The van der Waals surface area contributed by atoms with Gasteiger partial charge in [0.1, 0.15) is 10.6 Å². The Labute approximate surface area is 129 Å². The Kier molecular flexibility index (Phi) is 4.26. The highest BCUT2D eigenvalue weighted by Gasteiger charge is 2.19. The summed E-state index contributed by atoms with van der Waals surface area (Å²) in [6.07, 6.45) is 2.40. The molecular formula is C15H22N4OS. The molecule has 1 fully saturated rings. The first kappa shape index (κ1) is 14.5. The van der Waals surface area contributed by atoms with Gasteiger partial charge in [0, 0.05) is 32.1 Å². The molecule has 6 heteroatoms. The fourth-order valence-electron chi connectivity index (χ4n) is 2.85. The first-order valence-electron chi connectivity index (χ1n) is 7.42. The van der Waals surface area contributed by atoms with Gasteiger partial charge in [0.05, 0.1) is 12.0 Å². The predicted molar refractivity (Wildman–Crippen MR) is 88.5 cm³/mol. The molecule has 0 saturated carbocycles. The minimum atomic E-state index is 0.589. The fourth-order valence-corrected chi connectivity index (χ4v) is 3.73. The van der Waals surface area contributed by atoms with Crippen LogP contribution in [0, 0.1) is 12.8 Å². The van der Waals surface area contributed by atoms with Gasteiger partial charge in [-0.25, -0.2) is 4.98 Å². The van der Waals surface area contributed by atoms with Crippen LogP contribution in [0.5, 0.6) is 0 Å². The van der Waals surface area contributed by atoms with Crippen LogP contribution in [0.2, 0.25) is 0 Å². The second-order valence-corrected chi connectivity index (χ2v) is 6.90. The maximum atomic E-state index is 5.59. The van der Waals surface area contributed by atoms with Gasteiger partial charge in [-0.05, 0) is 31.7 Å². The summed E-state index contributed by atoms with van der Waals surface area (Å²) in [4.78, 5) is 13.8. The van der Waals surface area contributed by atoms with Gasteiger partial charge >= 0.3 is 0 Å². The van der Waals surface area contributed by atoms with E-state index >= 15 is 0 Å². The molecule has 5 nitrogen and oxygen atoms in total. The van der Waals surface area contributed by atoms with Crippen LogP contribution in [-0.4, -0.2) is 43.8 Å². The average molecular weight is 306 g/mol. The van der Waals surface area contributed by atoms with Crippen LogP contribution in [-0.2, 0) is 4.74 Å². The van der Waals surface area contributed by atoms with Crippen LogP contribution in [0.25, 0.3) is 10.2 Å². The summed E-state index contributed by atoms with van der Waals surface area (Å²) < 4.78 is 5.59. The molecule has 0 radical (unpaired) electrons. The topological polar surface area (TPSA) is 50.3 Å². The van der Waals surface area contributed by atoms with Crippen LogP contribution < -0.4 is 10.2 Å². The van der Waals surface area contributed by atoms with Crippen molar-refractivity contribution in [1.29, 1.82) is 0 Å². The molecule has 0 aliphatic carbocycles. The summed E-state index contributed by atoms with van der Waals surface area (Å²) >= 11 is 1.72. The van der Waals surface area contributed by atoms with Gasteiger partial charge in [0.2, 0.25) is 5.95 Å². The number of aromatic nitrogens is 2. The minimum absolute atomic E-state index is 0.589. The van der Waals surface area contributed by atoms with E-state index in [0.29, 0.717) is 11.9 Å². The largest absolute Gasteiger partial charge is 0.381 e. The monoisotopic (exact) mass is 306 g/mol. The molecule has 1 aliphatic rings. The van der Waals surface area contributed by atoms with Crippen molar-refractivity contribution in [3.05, 3.63) is 10.9 Å². The van der Waals surface area contributed by atoms with E-state index in [-0.39, 0.29) is 0 Å². The van der Waals surface area contributed by atoms with E-state index in [0.717, 1.165) is 42.2 Å². The number of aryl methyl sites for hydroxylation is 1. The highest BCUT2D eigenvalue weighted by Crippen LogP contribution is 2.31. The molecule has 1 saturated heterocycles. The Morgan fingerprint density at radius 3 is 3.05 bits per heavy atom. The zero-order chi connectivity index (χ0) is 14.8. The lowest BCUT2D eigenvalue weighted by Crippen LogP contribution is -2.31. The molecule has 21 heavy (non-hydrogen) atoms. The summed E-state index contributed by atoms with van der Waals surface area (Å²) in [7, 11) is 3.98. The Balaban J connectivity index is 1.89. The Morgan fingerprint density at radius 2 is 2.33 bits per heavy atom. The van der Waals surface area contributed by atoms with Crippen LogP contribution in [0.4, 0.5) is 11.8 Å². The number of hydrogen-bond donors (Lipinski definition) is 1. The van der Waals surface area contributed by atoms with Crippen LogP contribution >= 0.6 is 11.3 Å². The van der Waals surface area contributed by atoms with Crippen molar-refractivity contribution in [1.82, 2.24) is 9.97 Å². The summed E-state index contributed by atoms with van der Waals surface area (Å²) in [5, 5.41) is 4.21. The van der Waals surface area contributed by atoms with Gasteiger partial charge in [-0.1, -0.05) is 0 Å². The maximum Gasteiger partial charge on any atom is 0.225 e. The molecule has 0 spiro atoms. The molecule has 1 aliphatic heterocycles. The minimum Gasteiger partial charge on any atom is -0.381 e. The quantitative estimate of drug-likeness (QED) is 0.941. The first-order valence-corrected chi connectivity index (χ1v) is 8.24. The van der Waals surface area contributed by atoms with Crippen molar-refractivity contribution in [2.75, 3.05) is 44.1 Å². The highest BCUT2D eigenvalue weighted by molar-refractivity contribution is 7.18. The second kappa shape index (κ2) is 6.15. The molecule has 114 valence electrons. The second-order valence-electron chi connectivity index (χ2n) is 5.66. The van der Waals surface area contributed by atoms with Gasteiger partial charge in [-0.15, -0.1) is 11.3 Å². The third kappa shape index (κ3) is 3.11. The van der Waals surface area contributed by atoms with Crippen molar-refractivity contribution in [3.63, 3.8) is 0 Å². The summed E-state index contributed by atoms with van der Waals surface area (Å²) in [5.74, 6) is 2.29. The summed E-state index contributed by atoms with van der Waals surface area (Å²) in [5.41, 5.74) is 0. The summed E-state index contributed by atoms with van der Waals surface area (Å²) in [6, 6.07) is 2.18. The van der Waals surface area contributed by atoms with E-state index < -0.39 is 0 Å². The van der Waals surface area contributed by atoms with Gasteiger partial charge < -0.3 is 15.0 Å². The van der Waals surface area contributed by atoms with Gasteiger partial charge in [-0.3, -0.25) is 0 Å². The van der Waals surface area contributed by atoms with Gasteiger partial charge in [0.15, 0.2) is 0 Å². The lowest BCUT2D eigenvalue weighted by molar-refractivity contribution is 0.0576. The average Bonchev–Trinajstić information content (AvgIpc) is 2.87. The fraction of sp³-hybridized carbons (Fsp3) is 0.600. The number of nitrogens with one attached hydrogen (secondary N) is 1. The number of rotatable bonds is 4. The van der Waals surface area contributed by atoms with Crippen LogP contribution in [0.1, 0.15) is 17.7 Å². The van der Waals surface area contributed by atoms with E-state index in [4.69, 9.17) is 4.74 Å². The van der Waals surface area contributed by atoms with Gasteiger partial charge in [-0.2, -0.15) is 4.98 Å². The third-order valence-corrected chi connectivity index (χ3v) is 4.81. The van der Waals surface area contributed by atoms with Gasteiger partial charge in [0.25, 0.3) is 0 Å². The SMILES string of the molecule is CNc1nc(N(C)CC2CCCOC2)c2cc(C)sc2n1. The number of ether oxygens (including phenoxy) is 1. The predicted octanol–water partition coefficient (Wildman–Crippen LogP) is 2.90. The van der Waals surface area contributed by atoms with Crippen molar-refractivity contribution < 1.29 is 4.74 Å². The number of thiophene rings is 1. The van der Waals surface area contributed by atoms with E-state index in [9.17, 15) is 0 Å². The molecule has 0 bridgehead atoms. The lowest BCUT2D eigenvalue weighted by Gasteiger charge is -2.28. The number of hydrogen-bond acceptors (Lipinski definition) is 6. The molecule has 0 aromatic carbocycles. The van der Waals surface area contributed by atoms with Crippen molar-refractivity contribution in [2.24, 2.45) is 5.92 Å². The molecule has 2 aromatic heterocycles. The number of fused-ring (bicyclic) bond motifs is 1. The summed E-state index contributed by atoms with van der Waals surface area (Å²) in [6.45, 7) is 4.86. The Hall–Kier alpha value is -1.40. The normalized spacial score (nSPS) is 18.9. The lowest BCUT2D eigenvalue weighted by atomic mass is 10.0. The van der Waals surface area contributed by atoms with E-state index in [1.54, 1.807) is 11.3 Å². The van der Waals surface area contributed by atoms with Crippen molar-refractivity contribution >= 4 is 33.3 Å². The van der Waals surface area contributed by atoms with Crippen LogP contribution in [0.3, 0.4) is 0 Å². The first-order chi connectivity index (χ1) is 10.2. The number of anilines is 2. The molecule has 3 rings (SSSR count).